The third-order valence-corrected chi connectivity index (χ3v) is 4.02. The SMILES string of the molecule is CCn1nc(CC(O)c2occc2Br)c2ccccc21. The maximum atomic E-state index is 10.3. The van der Waals surface area contributed by atoms with Crippen LogP contribution in [0, 0.1) is 0 Å². The van der Waals surface area contributed by atoms with Gasteiger partial charge in [-0.25, -0.2) is 0 Å². The molecule has 0 spiro atoms. The van der Waals surface area contributed by atoms with Crippen molar-refractivity contribution in [1.82, 2.24) is 9.78 Å². The van der Waals surface area contributed by atoms with Crippen LogP contribution >= 0.6 is 15.9 Å². The molecule has 1 unspecified atom stereocenters. The van der Waals surface area contributed by atoms with E-state index in [-0.39, 0.29) is 0 Å². The molecule has 1 aromatic carbocycles. The van der Waals surface area contributed by atoms with Crippen LogP contribution in [0.4, 0.5) is 0 Å². The van der Waals surface area contributed by atoms with Crippen molar-refractivity contribution in [2.24, 2.45) is 0 Å². The third kappa shape index (κ3) is 2.27. The molecule has 0 saturated carbocycles. The lowest BCUT2D eigenvalue weighted by molar-refractivity contribution is 0.148. The van der Waals surface area contributed by atoms with Crippen molar-refractivity contribution >= 4 is 26.8 Å². The van der Waals surface area contributed by atoms with Gasteiger partial charge in [-0.2, -0.15) is 5.10 Å². The zero-order valence-corrected chi connectivity index (χ0v) is 12.7. The van der Waals surface area contributed by atoms with E-state index in [1.807, 2.05) is 28.9 Å². The van der Waals surface area contributed by atoms with Crippen LogP contribution in [0.2, 0.25) is 0 Å². The first-order valence-corrected chi connectivity index (χ1v) is 7.35. The standard InChI is InChI=1S/C15H15BrN2O2/c1-2-18-13-6-4-3-5-10(13)12(17-18)9-14(19)15-11(16)7-8-20-15/h3-8,14,19H,2,9H2,1H3. The second-order valence-corrected chi connectivity index (χ2v) is 5.49. The summed E-state index contributed by atoms with van der Waals surface area (Å²) in [4.78, 5) is 0. The summed E-state index contributed by atoms with van der Waals surface area (Å²) in [7, 11) is 0. The number of halogens is 1. The molecule has 0 aliphatic carbocycles. The van der Waals surface area contributed by atoms with Crippen LogP contribution < -0.4 is 0 Å². The van der Waals surface area contributed by atoms with E-state index in [0.29, 0.717) is 12.2 Å². The van der Waals surface area contributed by atoms with Crippen molar-refractivity contribution in [2.75, 3.05) is 0 Å². The van der Waals surface area contributed by atoms with Crippen LogP contribution in [0.5, 0.6) is 0 Å². The van der Waals surface area contributed by atoms with Gasteiger partial charge in [-0.1, -0.05) is 18.2 Å². The summed E-state index contributed by atoms with van der Waals surface area (Å²) in [6.45, 7) is 2.86. The largest absolute Gasteiger partial charge is 0.465 e. The molecular weight excluding hydrogens is 320 g/mol. The molecule has 1 N–H and O–H groups in total. The summed E-state index contributed by atoms with van der Waals surface area (Å²) in [5.74, 6) is 0.542. The zero-order valence-electron chi connectivity index (χ0n) is 11.1. The molecule has 0 aliphatic rings. The van der Waals surface area contributed by atoms with Gasteiger partial charge in [0.1, 0.15) is 11.9 Å². The van der Waals surface area contributed by atoms with Crippen molar-refractivity contribution in [3.05, 3.63) is 52.5 Å². The Labute approximate surface area is 125 Å². The summed E-state index contributed by atoms with van der Waals surface area (Å²) in [6, 6.07) is 9.85. The Balaban J connectivity index is 1.97. The molecular formula is C15H15BrN2O2. The third-order valence-electron chi connectivity index (χ3n) is 3.37. The summed E-state index contributed by atoms with van der Waals surface area (Å²) >= 11 is 3.37. The molecule has 3 rings (SSSR count). The van der Waals surface area contributed by atoms with E-state index in [1.54, 1.807) is 12.3 Å². The van der Waals surface area contributed by atoms with Crippen LogP contribution in [0.25, 0.3) is 10.9 Å². The second-order valence-electron chi connectivity index (χ2n) is 4.63. The summed E-state index contributed by atoms with van der Waals surface area (Å²) in [5, 5.41) is 16.0. The minimum atomic E-state index is -0.706. The van der Waals surface area contributed by atoms with E-state index in [2.05, 4.69) is 28.0 Å². The molecule has 3 aromatic rings. The lowest BCUT2D eigenvalue weighted by Crippen LogP contribution is -2.03. The number of furan rings is 1. The predicted octanol–water partition coefficient (Wildman–Crippen LogP) is 3.69. The number of nitrogens with zero attached hydrogens (tertiary/aromatic N) is 2. The molecule has 0 bridgehead atoms. The average Bonchev–Trinajstić information content (AvgIpc) is 3.03. The molecule has 5 heteroatoms. The smallest absolute Gasteiger partial charge is 0.146 e. The van der Waals surface area contributed by atoms with Crippen molar-refractivity contribution in [3.63, 3.8) is 0 Å². The van der Waals surface area contributed by atoms with Crippen LogP contribution in [0.3, 0.4) is 0 Å². The van der Waals surface area contributed by atoms with Gasteiger partial charge >= 0.3 is 0 Å². The van der Waals surface area contributed by atoms with Gasteiger partial charge in [-0.05, 0) is 35.0 Å². The van der Waals surface area contributed by atoms with E-state index in [1.165, 1.54) is 0 Å². The maximum absolute atomic E-state index is 10.3. The number of benzene rings is 1. The molecule has 0 radical (unpaired) electrons. The van der Waals surface area contributed by atoms with Gasteiger partial charge in [0.2, 0.25) is 0 Å². The Morgan fingerprint density at radius 2 is 2.15 bits per heavy atom. The molecule has 2 heterocycles. The van der Waals surface area contributed by atoms with Gasteiger partial charge in [0.15, 0.2) is 0 Å². The highest BCUT2D eigenvalue weighted by Gasteiger charge is 2.19. The number of para-hydroxylation sites is 1. The molecule has 1 atom stereocenters. The molecule has 0 saturated heterocycles. The minimum absolute atomic E-state index is 0.430. The second kappa shape index (κ2) is 5.42. The molecule has 2 aromatic heterocycles. The van der Waals surface area contributed by atoms with Gasteiger partial charge in [0.25, 0.3) is 0 Å². The lowest BCUT2D eigenvalue weighted by atomic mass is 10.1. The molecule has 20 heavy (non-hydrogen) atoms. The molecule has 0 fully saturated rings. The molecule has 0 amide bonds. The van der Waals surface area contributed by atoms with E-state index in [9.17, 15) is 5.11 Å². The fraction of sp³-hybridized carbons (Fsp3) is 0.267. The van der Waals surface area contributed by atoms with Crippen LogP contribution in [-0.4, -0.2) is 14.9 Å². The highest BCUT2D eigenvalue weighted by molar-refractivity contribution is 9.10. The van der Waals surface area contributed by atoms with E-state index < -0.39 is 6.10 Å². The van der Waals surface area contributed by atoms with Gasteiger partial charge in [-0.3, -0.25) is 4.68 Å². The fourth-order valence-corrected chi connectivity index (χ4v) is 2.87. The molecule has 4 nitrogen and oxygen atoms in total. The van der Waals surface area contributed by atoms with Gasteiger partial charge < -0.3 is 9.52 Å². The first-order valence-electron chi connectivity index (χ1n) is 6.56. The number of hydrogen-bond acceptors (Lipinski definition) is 3. The number of aliphatic hydroxyl groups excluding tert-OH is 1. The predicted molar refractivity (Wildman–Crippen MR) is 80.5 cm³/mol. The summed E-state index contributed by atoms with van der Waals surface area (Å²) in [6.07, 6.45) is 1.29. The quantitative estimate of drug-likeness (QED) is 0.791. The Bertz CT molecular complexity index is 732. The number of aryl methyl sites for hydroxylation is 1. The molecule has 0 aliphatic heterocycles. The average molecular weight is 335 g/mol. The van der Waals surface area contributed by atoms with E-state index >= 15 is 0 Å². The topological polar surface area (TPSA) is 51.2 Å². The first kappa shape index (κ1) is 13.4. The Kier molecular flexibility index (Phi) is 3.63. The Morgan fingerprint density at radius 1 is 1.35 bits per heavy atom. The van der Waals surface area contributed by atoms with Crippen molar-refractivity contribution in [2.45, 2.75) is 26.0 Å². The van der Waals surface area contributed by atoms with E-state index in [0.717, 1.165) is 27.6 Å². The Hall–Kier alpha value is -1.59. The summed E-state index contributed by atoms with van der Waals surface area (Å²) in [5.41, 5.74) is 1.98. The van der Waals surface area contributed by atoms with Gasteiger partial charge in [0, 0.05) is 18.4 Å². The van der Waals surface area contributed by atoms with Crippen molar-refractivity contribution in [1.29, 1.82) is 0 Å². The number of aromatic nitrogens is 2. The lowest BCUT2D eigenvalue weighted by Gasteiger charge is -2.06. The fourth-order valence-electron chi connectivity index (χ4n) is 2.41. The number of fused-ring (bicyclic) bond motifs is 1. The minimum Gasteiger partial charge on any atom is -0.465 e. The van der Waals surface area contributed by atoms with Crippen LogP contribution in [0.15, 0.2) is 45.5 Å². The Morgan fingerprint density at radius 3 is 2.85 bits per heavy atom. The van der Waals surface area contributed by atoms with Crippen LogP contribution in [-0.2, 0) is 13.0 Å². The number of rotatable bonds is 4. The monoisotopic (exact) mass is 334 g/mol. The highest BCUT2D eigenvalue weighted by Crippen LogP contribution is 2.29. The van der Waals surface area contributed by atoms with Gasteiger partial charge in [0.05, 0.1) is 21.9 Å². The van der Waals surface area contributed by atoms with Gasteiger partial charge in [-0.15, -0.1) is 0 Å². The van der Waals surface area contributed by atoms with Crippen molar-refractivity contribution < 1.29 is 9.52 Å². The van der Waals surface area contributed by atoms with Crippen LogP contribution in [0.1, 0.15) is 24.5 Å². The number of aliphatic hydroxyl groups is 1. The maximum Gasteiger partial charge on any atom is 0.146 e. The zero-order chi connectivity index (χ0) is 14.1. The van der Waals surface area contributed by atoms with Crippen molar-refractivity contribution in [3.8, 4) is 0 Å². The molecule has 104 valence electrons. The highest BCUT2D eigenvalue weighted by atomic mass is 79.9. The first-order chi connectivity index (χ1) is 9.70. The summed E-state index contributed by atoms with van der Waals surface area (Å²) < 4.78 is 8.05. The number of hydrogen-bond donors (Lipinski definition) is 1. The van der Waals surface area contributed by atoms with E-state index in [4.69, 9.17) is 4.42 Å². The normalized spacial score (nSPS) is 12.9.